The van der Waals surface area contributed by atoms with E-state index in [1.165, 1.54) is 12.1 Å². The molecule has 0 saturated carbocycles. The largest absolute Gasteiger partial charge is 0.454 e. The molecule has 3 heterocycles. The van der Waals surface area contributed by atoms with E-state index in [9.17, 15) is 18.0 Å². The van der Waals surface area contributed by atoms with Crippen molar-refractivity contribution in [2.24, 2.45) is 5.92 Å². The second-order valence-electron chi connectivity index (χ2n) is 10.5. The summed E-state index contributed by atoms with van der Waals surface area (Å²) in [4.78, 5) is 26.9. The fourth-order valence-electron chi connectivity index (χ4n) is 5.70. The minimum absolute atomic E-state index is 0. The van der Waals surface area contributed by atoms with Crippen LogP contribution < -0.4 is 5.32 Å². The highest BCUT2D eigenvalue weighted by Gasteiger charge is 2.49. The highest BCUT2D eigenvalue weighted by atomic mass is 32.2. The maximum atomic E-state index is 13.5. The Hall–Kier alpha value is -3.49. The van der Waals surface area contributed by atoms with Crippen molar-refractivity contribution in [2.75, 3.05) is 37.8 Å². The topological polar surface area (TPSA) is 89.5 Å². The summed E-state index contributed by atoms with van der Waals surface area (Å²) in [6.45, 7) is 2.66. The summed E-state index contributed by atoms with van der Waals surface area (Å²) in [7, 11) is -3.32. The van der Waals surface area contributed by atoms with Crippen LogP contribution in [0.3, 0.4) is 0 Å². The average molecular weight is 550 g/mol. The molecule has 2 atom stereocenters. The third-order valence-corrected chi connectivity index (χ3v) is 8.97. The molecule has 0 aliphatic carbocycles. The Labute approximate surface area is 231 Å². The predicted molar refractivity (Wildman–Crippen MR) is 152 cm³/mol. The summed E-state index contributed by atoms with van der Waals surface area (Å²) in [5, 5.41) is 3.33. The molecular formula is C31H37N2O5S+. The number of para-hydroxylation sites is 1. The van der Waals surface area contributed by atoms with Crippen LogP contribution in [0.2, 0.25) is 0 Å². The highest BCUT2D eigenvalue weighted by Crippen LogP contribution is 2.37. The van der Waals surface area contributed by atoms with Gasteiger partial charge in [0.15, 0.2) is 22.0 Å². The molecule has 39 heavy (non-hydrogen) atoms. The van der Waals surface area contributed by atoms with Crippen molar-refractivity contribution in [3.63, 3.8) is 0 Å². The van der Waals surface area contributed by atoms with E-state index in [1.807, 2.05) is 60.7 Å². The number of nitrogens with zero attached hydrogens (tertiary/aromatic N) is 1. The predicted octanol–water partition coefficient (Wildman–Crippen LogP) is 4.91. The first-order valence-electron chi connectivity index (χ1n) is 13.0. The molecule has 6 rings (SSSR count). The average Bonchev–Trinajstić information content (AvgIpc) is 2.93. The molecule has 3 aliphatic heterocycles. The number of benzene rings is 3. The van der Waals surface area contributed by atoms with E-state index in [-0.39, 0.29) is 36.1 Å². The van der Waals surface area contributed by atoms with Gasteiger partial charge in [0.25, 0.3) is 0 Å². The fourth-order valence-corrected chi connectivity index (χ4v) is 6.33. The van der Waals surface area contributed by atoms with Gasteiger partial charge in [-0.3, -0.25) is 4.79 Å². The molecule has 3 aromatic rings. The Balaban J connectivity index is 0.00000353. The lowest BCUT2D eigenvalue weighted by Gasteiger charge is -2.51. The number of nitrogens with one attached hydrogen (secondary N) is 1. The molecule has 0 spiro atoms. The number of quaternary nitrogens is 1. The first-order chi connectivity index (χ1) is 18.2. The summed E-state index contributed by atoms with van der Waals surface area (Å²) in [6, 6.07) is 24.7. The van der Waals surface area contributed by atoms with Crippen molar-refractivity contribution in [3.05, 3.63) is 96.1 Å². The molecule has 0 radical (unpaired) electrons. The van der Waals surface area contributed by atoms with Gasteiger partial charge in [0.05, 0.1) is 18.0 Å². The molecular weight excluding hydrogens is 512 g/mol. The quantitative estimate of drug-likeness (QED) is 0.232. The van der Waals surface area contributed by atoms with Crippen molar-refractivity contribution in [2.45, 2.75) is 37.3 Å². The number of hydrogen-bond donors (Lipinski definition) is 1. The third kappa shape index (κ3) is 6.57. The lowest BCUT2D eigenvalue weighted by molar-refractivity contribution is -0.938. The van der Waals surface area contributed by atoms with Crippen molar-refractivity contribution in [1.29, 1.82) is 0 Å². The summed E-state index contributed by atoms with van der Waals surface area (Å²) in [5.41, 5.74) is 2.17. The van der Waals surface area contributed by atoms with Crippen LogP contribution in [0.15, 0.2) is 89.8 Å². The van der Waals surface area contributed by atoms with Gasteiger partial charge in [0.2, 0.25) is 5.78 Å². The summed E-state index contributed by atoms with van der Waals surface area (Å²) in [6.07, 6.45) is 2.70. The van der Waals surface area contributed by atoms with Gasteiger partial charge < -0.3 is 14.5 Å². The Bertz CT molecular complexity index is 1380. The molecule has 0 amide bonds. The number of fused-ring (bicyclic) bond motifs is 3. The Morgan fingerprint density at radius 1 is 0.923 bits per heavy atom. The standard InChI is InChI=1S/C30H33N2O5S.CH4/c1-38(35,36)26-14-12-22(13-15-26)27(33)20-32-18-16-23(17-19-32)28(21-32)37-30(34)29(24-8-4-2-5-9-24)31-25-10-6-3-7-11-25;/h2-15,23,28-29,31H,16-21H2,1H3;1H4/q+1;/t23?,28-,29+,32?;/m0./s1. The lowest BCUT2D eigenvalue weighted by atomic mass is 9.82. The minimum atomic E-state index is -3.32. The first-order valence-corrected chi connectivity index (χ1v) is 14.9. The molecule has 1 N–H and O–H groups in total. The van der Waals surface area contributed by atoms with E-state index in [0.717, 1.165) is 43.4 Å². The fraction of sp³-hybridized carbons (Fsp3) is 0.355. The zero-order valence-electron chi connectivity index (χ0n) is 21.5. The van der Waals surface area contributed by atoms with Crippen molar-refractivity contribution < 1.29 is 27.2 Å². The van der Waals surface area contributed by atoms with Gasteiger partial charge in [-0.1, -0.05) is 56.0 Å². The van der Waals surface area contributed by atoms with Crippen LogP contribution in [0.1, 0.15) is 42.2 Å². The normalized spacial score (nSPS) is 22.8. The van der Waals surface area contributed by atoms with Gasteiger partial charge in [-0.25, -0.2) is 13.2 Å². The number of sulfone groups is 1. The van der Waals surface area contributed by atoms with Gasteiger partial charge in [-0.05, 0) is 42.0 Å². The zero-order chi connectivity index (χ0) is 26.8. The Kier molecular flexibility index (Phi) is 8.57. The van der Waals surface area contributed by atoms with Crippen LogP contribution in [0.25, 0.3) is 0 Å². The number of carbonyl (C=O) groups is 2. The van der Waals surface area contributed by atoms with Gasteiger partial charge in [0.1, 0.15) is 13.1 Å². The smallest absolute Gasteiger partial charge is 0.333 e. The van der Waals surface area contributed by atoms with E-state index in [2.05, 4.69) is 5.32 Å². The molecule has 3 aromatic carbocycles. The molecule has 8 heteroatoms. The van der Waals surface area contributed by atoms with Crippen LogP contribution in [0.5, 0.6) is 0 Å². The van der Waals surface area contributed by atoms with Crippen LogP contribution >= 0.6 is 0 Å². The molecule has 206 valence electrons. The maximum Gasteiger partial charge on any atom is 0.333 e. The second-order valence-corrected chi connectivity index (χ2v) is 12.5. The van der Waals surface area contributed by atoms with Crippen LogP contribution in [-0.2, 0) is 19.4 Å². The van der Waals surface area contributed by atoms with E-state index < -0.39 is 15.9 Å². The van der Waals surface area contributed by atoms with E-state index in [0.29, 0.717) is 23.1 Å². The van der Waals surface area contributed by atoms with E-state index >= 15 is 0 Å². The molecule has 2 bridgehead atoms. The SMILES string of the molecule is C.CS(=O)(=O)c1ccc(C(=O)C[N+]23CCC(CC2)[C@@H](OC(=O)[C@H](Nc2ccccc2)c2ccccc2)C3)cc1. The number of carbonyl (C=O) groups excluding carboxylic acids is 2. The number of ketones is 1. The molecule has 0 aromatic heterocycles. The second kappa shape index (κ2) is 11.7. The molecule has 3 saturated heterocycles. The number of ether oxygens (including phenoxy) is 1. The maximum absolute atomic E-state index is 13.5. The number of rotatable bonds is 9. The van der Waals surface area contributed by atoms with Crippen LogP contribution in [0.4, 0.5) is 5.69 Å². The summed E-state index contributed by atoms with van der Waals surface area (Å²) >= 11 is 0. The van der Waals surface area contributed by atoms with Crippen LogP contribution in [0, 0.1) is 5.92 Å². The van der Waals surface area contributed by atoms with Gasteiger partial charge in [-0.15, -0.1) is 0 Å². The van der Waals surface area contributed by atoms with Gasteiger partial charge >= 0.3 is 5.97 Å². The zero-order valence-corrected chi connectivity index (χ0v) is 22.3. The van der Waals surface area contributed by atoms with E-state index in [1.54, 1.807) is 12.1 Å². The number of piperidine rings is 3. The lowest BCUT2D eigenvalue weighted by Crippen LogP contribution is -2.65. The number of anilines is 1. The van der Waals surface area contributed by atoms with Crippen molar-refractivity contribution in [3.8, 4) is 0 Å². The third-order valence-electron chi connectivity index (χ3n) is 7.85. The minimum Gasteiger partial charge on any atom is -0.454 e. The Morgan fingerprint density at radius 3 is 2.10 bits per heavy atom. The van der Waals surface area contributed by atoms with Gasteiger partial charge in [0, 0.05) is 36.3 Å². The number of Topliss-reactive ketones (excluding diaryl/α,β-unsaturated/α-hetero) is 1. The van der Waals surface area contributed by atoms with Crippen LogP contribution in [-0.4, -0.2) is 63.2 Å². The number of hydrogen-bond acceptors (Lipinski definition) is 6. The first kappa shape index (κ1) is 28.5. The molecule has 0 unspecified atom stereocenters. The monoisotopic (exact) mass is 549 g/mol. The molecule has 7 nitrogen and oxygen atoms in total. The van der Waals surface area contributed by atoms with Crippen molar-refractivity contribution >= 4 is 27.3 Å². The molecule has 3 aliphatic rings. The summed E-state index contributed by atoms with van der Waals surface area (Å²) < 4.78 is 30.3. The molecule has 3 fully saturated rings. The van der Waals surface area contributed by atoms with Crippen molar-refractivity contribution in [1.82, 2.24) is 0 Å². The van der Waals surface area contributed by atoms with E-state index in [4.69, 9.17) is 4.74 Å². The number of esters is 1. The highest BCUT2D eigenvalue weighted by molar-refractivity contribution is 7.90. The summed E-state index contributed by atoms with van der Waals surface area (Å²) in [5.74, 6) is -0.0562. The van der Waals surface area contributed by atoms with Gasteiger partial charge in [-0.2, -0.15) is 0 Å². The Morgan fingerprint density at radius 2 is 1.51 bits per heavy atom.